The molecular formula is C12H15BrCl2O2. The highest BCUT2D eigenvalue weighted by atomic mass is 79.9. The van der Waals surface area contributed by atoms with Gasteiger partial charge in [0.2, 0.25) is 0 Å². The van der Waals surface area contributed by atoms with Gasteiger partial charge in [0.25, 0.3) is 0 Å². The van der Waals surface area contributed by atoms with E-state index in [9.17, 15) is 0 Å². The highest BCUT2D eigenvalue weighted by Gasteiger charge is 2.09. The molecule has 5 heteroatoms. The van der Waals surface area contributed by atoms with Crippen molar-refractivity contribution < 1.29 is 9.47 Å². The number of hydrogen-bond acceptors (Lipinski definition) is 2. The Morgan fingerprint density at radius 1 is 1.18 bits per heavy atom. The van der Waals surface area contributed by atoms with Crippen molar-refractivity contribution in [1.29, 1.82) is 0 Å². The third kappa shape index (κ3) is 5.04. The lowest BCUT2D eigenvalue weighted by Crippen LogP contribution is -2.08. The Labute approximate surface area is 120 Å². The molecule has 0 amide bonds. The first kappa shape index (κ1) is 15.1. The van der Waals surface area contributed by atoms with Crippen LogP contribution in [0.15, 0.2) is 12.1 Å². The first-order valence-corrected chi connectivity index (χ1v) is 7.31. The normalized spacial score (nSPS) is 10.6. The van der Waals surface area contributed by atoms with Gasteiger partial charge in [-0.3, -0.25) is 0 Å². The van der Waals surface area contributed by atoms with E-state index in [2.05, 4.69) is 22.9 Å². The van der Waals surface area contributed by atoms with Gasteiger partial charge in [0.05, 0.1) is 11.6 Å². The number of hydrogen-bond donors (Lipinski definition) is 0. The third-order valence-electron chi connectivity index (χ3n) is 2.05. The molecule has 0 bridgehead atoms. The zero-order chi connectivity index (χ0) is 12.7. The maximum atomic E-state index is 6.08. The summed E-state index contributed by atoms with van der Waals surface area (Å²) in [6, 6.07) is 3.52. The second kappa shape index (κ2) is 8.20. The van der Waals surface area contributed by atoms with Crippen LogP contribution in [0.5, 0.6) is 5.75 Å². The van der Waals surface area contributed by atoms with E-state index < -0.39 is 0 Å². The predicted molar refractivity (Wildman–Crippen MR) is 75.7 cm³/mol. The molecular weight excluding hydrogens is 327 g/mol. The van der Waals surface area contributed by atoms with Gasteiger partial charge in [-0.05, 0) is 18.6 Å². The Balaban J connectivity index is 2.57. The summed E-state index contributed by atoms with van der Waals surface area (Å²) in [4.78, 5) is 0. The Morgan fingerprint density at radius 3 is 2.59 bits per heavy atom. The van der Waals surface area contributed by atoms with Crippen molar-refractivity contribution >= 4 is 39.1 Å². The fourth-order valence-electron chi connectivity index (χ4n) is 1.32. The van der Waals surface area contributed by atoms with Crippen LogP contribution in [-0.4, -0.2) is 19.8 Å². The van der Waals surface area contributed by atoms with E-state index >= 15 is 0 Å². The summed E-state index contributed by atoms with van der Waals surface area (Å²) >= 11 is 15.4. The molecule has 1 aromatic rings. The molecule has 0 heterocycles. The summed E-state index contributed by atoms with van der Waals surface area (Å²) in [7, 11) is 0. The van der Waals surface area contributed by atoms with Gasteiger partial charge in [0, 0.05) is 22.5 Å². The second-order valence-electron chi connectivity index (χ2n) is 3.47. The largest absolute Gasteiger partial charge is 0.489 e. The smallest absolute Gasteiger partial charge is 0.142 e. The Hall–Kier alpha value is 0.0400. The molecule has 0 spiro atoms. The van der Waals surface area contributed by atoms with Crippen molar-refractivity contribution in [2.24, 2.45) is 0 Å². The first-order chi connectivity index (χ1) is 8.19. The predicted octanol–water partition coefficient (Wildman–Crippen LogP) is 4.69. The quantitative estimate of drug-likeness (QED) is 0.529. The minimum atomic E-state index is 0.487. The summed E-state index contributed by atoms with van der Waals surface area (Å²) in [5.74, 6) is 0.674. The monoisotopic (exact) mass is 340 g/mol. The van der Waals surface area contributed by atoms with E-state index in [1.807, 2.05) is 6.07 Å². The van der Waals surface area contributed by atoms with Gasteiger partial charge in [0.15, 0.2) is 0 Å². The highest BCUT2D eigenvalue weighted by molar-refractivity contribution is 9.08. The van der Waals surface area contributed by atoms with Crippen molar-refractivity contribution in [2.75, 3.05) is 19.8 Å². The molecule has 0 radical (unpaired) electrons. The van der Waals surface area contributed by atoms with Crippen LogP contribution in [0.25, 0.3) is 0 Å². The number of halogens is 3. The molecule has 0 aliphatic carbocycles. The van der Waals surface area contributed by atoms with Crippen molar-refractivity contribution in [1.82, 2.24) is 0 Å². The highest BCUT2D eigenvalue weighted by Crippen LogP contribution is 2.33. The molecule has 0 aliphatic rings. The number of benzene rings is 1. The number of ether oxygens (including phenoxy) is 2. The van der Waals surface area contributed by atoms with Crippen LogP contribution in [0.2, 0.25) is 10.0 Å². The first-order valence-electron chi connectivity index (χ1n) is 5.43. The molecule has 0 N–H and O–H groups in total. The second-order valence-corrected chi connectivity index (χ2v) is 4.87. The summed E-state index contributed by atoms with van der Waals surface area (Å²) in [5.41, 5.74) is 0.943. The van der Waals surface area contributed by atoms with Crippen LogP contribution in [0.3, 0.4) is 0 Å². The van der Waals surface area contributed by atoms with Crippen molar-refractivity contribution in [2.45, 2.75) is 18.7 Å². The lowest BCUT2D eigenvalue weighted by molar-refractivity contribution is 0.100. The lowest BCUT2D eigenvalue weighted by Gasteiger charge is -2.12. The molecule has 0 saturated carbocycles. The molecule has 0 fully saturated rings. The Bertz CT molecular complexity index is 359. The molecule has 0 unspecified atom stereocenters. The summed E-state index contributed by atoms with van der Waals surface area (Å²) in [5, 5.41) is 1.79. The zero-order valence-corrected chi connectivity index (χ0v) is 12.7. The number of alkyl halides is 1. The van der Waals surface area contributed by atoms with E-state index in [-0.39, 0.29) is 0 Å². The van der Waals surface area contributed by atoms with Crippen molar-refractivity contribution in [3.8, 4) is 5.75 Å². The van der Waals surface area contributed by atoms with Gasteiger partial charge < -0.3 is 9.47 Å². The van der Waals surface area contributed by atoms with Crippen LogP contribution in [0, 0.1) is 0 Å². The summed E-state index contributed by atoms with van der Waals surface area (Å²) in [6.45, 7) is 3.87. The van der Waals surface area contributed by atoms with E-state index in [4.69, 9.17) is 32.7 Å². The molecule has 1 aromatic carbocycles. The van der Waals surface area contributed by atoms with E-state index in [1.165, 1.54) is 0 Å². The molecule has 1 rings (SSSR count). The SMILES string of the molecule is CCCOCCOc1c(Cl)cc(Cl)cc1CBr. The molecule has 96 valence electrons. The third-order valence-corrected chi connectivity index (χ3v) is 3.15. The van der Waals surface area contributed by atoms with Gasteiger partial charge in [-0.25, -0.2) is 0 Å². The lowest BCUT2D eigenvalue weighted by atomic mass is 10.2. The summed E-state index contributed by atoms with van der Waals surface area (Å²) < 4.78 is 11.0. The van der Waals surface area contributed by atoms with Crippen LogP contribution >= 0.6 is 39.1 Å². The van der Waals surface area contributed by atoms with Gasteiger partial charge in [0.1, 0.15) is 12.4 Å². The molecule has 2 nitrogen and oxygen atoms in total. The average Bonchev–Trinajstić information content (AvgIpc) is 2.30. The fraction of sp³-hybridized carbons (Fsp3) is 0.500. The molecule has 17 heavy (non-hydrogen) atoms. The van der Waals surface area contributed by atoms with Gasteiger partial charge in [-0.1, -0.05) is 46.1 Å². The van der Waals surface area contributed by atoms with E-state index in [0.717, 1.165) is 18.6 Å². The fourth-order valence-corrected chi connectivity index (χ4v) is 2.33. The summed E-state index contributed by atoms with van der Waals surface area (Å²) in [6.07, 6.45) is 1.01. The van der Waals surface area contributed by atoms with E-state index in [1.54, 1.807) is 6.07 Å². The van der Waals surface area contributed by atoms with Gasteiger partial charge >= 0.3 is 0 Å². The van der Waals surface area contributed by atoms with Crippen molar-refractivity contribution in [3.63, 3.8) is 0 Å². The van der Waals surface area contributed by atoms with Crippen LogP contribution in [-0.2, 0) is 10.1 Å². The number of rotatable bonds is 7. The van der Waals surface area contributed by atoms with Gasteiger partial charge in [-0.15, -0.1) is 0 Å². The molecule has 0 aromatic heterocycles. The Kier molecular flexibility index (Phi) is 7.28. The molecule has 0 saturated heterocycles. The topological polar surface area (TPSA) is 18.5 Å². The maximum absolute atomic E-state index is 6.08. The maximum Gasteiger partial charge on any atom is 0.142 e. The van der Waals surface area contributed by atoms with E-state index in [0.29, 0.717) is 34.3 Å². The Morgan fingerprint density at radius 2 is 1.94 bits per heavy atom. The average molecular weight is 342 g/mol. The zero-order valence-electron chi connectivity index (χ0n) is 9.64. The standard InChI is InChI=1S/C12H15BrCl2O2/c1-2-3-16-4-5-17-12-9(8-13)6-10(14)7-11(12)15/h6-7H,2-5,8H2,1H3. The van der Waals surface area contributed by atoms with Crippen LogP contribution < -0.4 is 4.74 Å². The molecule has 0 atom stereocenters. The minimum absolute atomic E-state index is 0.487. The van der Waals surface area contributed by atoms with Crippen LogP contribution in [0.4, 0.5) is 0 Å². The minimum Gasteiger partial charge on any atom is -0.489 e. The van der Waals surface area contributed by atoms with Crippen molar-refractivity contribution in [3.05, 3.63) is 27.7 Å². The van der Waals surface area contributed by atoms with Crippen LogP contribution in [0.1, 0.15) is 18.9 Å². The molecule has 0 aliphatic heterocycles. The van der Waals surface area contributed by atoms with Gasteiger partial charge in [-0.2, -0.15) is 0 Å².